The van der Waals surface area contributed by atoms with Crippen molar-refractivity contribution < 1.29 is 19.1 Å². The van der Waals surface area contributed by atoms with Crippen molar-refractivity contribution in [2.24, 2.45) is 5.73 Å². The summed E-state index contributed by atoms with van der Waals surface area (Å²) in [7, 11) is 0. The Morgan fingerprint density at radius 1 is 1.19 bits per heavy atom. The van der Waals surface area contributed by atoms with Crippen molar-refractivity contribution in [3.63, 3.8) is 0 Å². The molecule has 0 aliphatic carbocycles. The van der Waals surface area contributed by atoms with E-state index in [1.807, 2.05) is 0 Å². The number of rotatable bonds is 4. The number of amides is 1. The number of nitrogens with one attached hydrogen (secondary N) is 1. The molecular formula is C18H12FN5O3. The number of aromatic carboxylic acids is 1. The van der Waals surface area contributed by atoms with Crippen LogP contribution in [0.15, 0.2) is 48.7 Å². The van der Waals surface area contributed by atoms with Gasteiger partial charge < -0.3 is 10.8 Å². The Bertz CT molecular complexity index is 1210. The van der Waals surface area contributed by atoms with Gasteiger partial charge in [-0.3, -0.25) is 14.5 Å². The Morgan fingerprint density at radius 3 is 2.70 bits per heavy atom. The van der Waals surface area contributed by atoms with Crippen LogP contribution in [-0.4, -0.2) is 36.7 Å². The number of halogens is 1. The van der Waals surface area contributed by atoms with Gasteiger partial charge in [0.25, 0.3) is 0 Å². The molecule has 1 aromatic carbocycles. The Labute approximate surface area is 151 Å². The zero-order valence-corrected chi connectivity index (χ0v) is 13.7. The van der Waals surface area contributed by atoms with Crippen LogP contribution in [0.5, 0.6) is 0 Å². The number of hydrogen-bond acceptors (Lipinski definition) is 4. The number of aromatic nitrogens is 4. The molecule has 0 atom stereocenters. The van der Waals surface area contributed by atoms with Gasteiger partial charge in [-0.15, -0.1) is 0 Å². The molecule has 134 valence electrons. The molecule has 8 nitrogen and oxygen atoms in total. The quantitative estimate of drug-likeness (QED) is 0.512. The highest BCUT2D eigenvalue weighted by atomic mass is 19.1. The molecule has 0 aliphatic rings. The molecule has 0 bridgehead atoms. The van der Waals surface area contributed by atoms with E-state index in [0.717, 1.165) is 6.07 Å². The minimum atomic E-state index is -1.24. The van der Waals surface area contributed by atoms with Gasteiger partial charge in [-0.1, -0.05) is 0 Å². The SMILES string of the molecule is NC(=O)c1ccc(-n2c(C(=O)O)ccc2-c2n[nH]c3ncccc23)c(F)c1. The van der Waals surface area contributed by atoms with Gasteiger partial charge in [-0.25, -0.2) is 14.2 Å². The molecule has 1 amide bonds. The number of nitrogens with zero attached hydrogens (tertiary/aromatic N) is 3. The first-order chi connectivity index (χ1) is 13.0. The van der Waals surface area contributed by atoms with Gasteiger partial charge in [0.15, 0.2) is 5.65 Å². The molecule has 0 radical (unpaired) electrons. The van der Waals surface area contributed by atoms with Gasteiger partial charge in [0.1, 0.15) is 17.2 Å². The number of benzene rings is 1. The molecule has 4 aromatic rings. The number of carboxylic acid groups (broad SMARTS) is 1. The standard InChI is InChI=1S/C18H12FN5O3/c19-11-8-9(16(20)25)3-4-12(11)24-13(5-6-14(24)18(26)27)15-10-2-1-7-21-17(10)23-22-15/h1-8H,(H2,20,25)(H,26,27)(H,21,22,23). The lowest BCUT2D eigenvalue weighted by molar-refractivity contribution is 0.0688. The van der Waals surface area contributed by atoms with E-state index in [2.05, 4.69) is 15.2 Å². The summed E-state index contributed by atoms with van der Waals surface area (Å²) in [6, 6.07) is 9.99. The van der Waals surface area contributed by atoms with Crippen molar-refractivity contribution >= 4 is 22.9 Å². The first-order valence-electron chi connectivity index (χ1n) is 7.81. The number of carbonyl (C=O) groups is 2. The molecule has 4 rings (SSSR count). The predicted octanol–water partition coefficient (Wildman–Crippen LogP) is 2.35. The molecule has 0 saturated carbocycles. The summed E-state index contributed by atoms with van der Waals surface area (Å²) in [5.74, 6) is -2.81. The van der Waals surface area contributed by atoms with E-state index in [4.69, 9.17) is 5.73 Å². The number of nitrogens with two attached hydrogens (primary N) is 1. The molecule has 4 N–H and O–H groups in total. The summed E-state index contributed by atoms with van der Waals surface area (Å²) in [6.45, 7) is 0. The van der Waals surface area contributed by atoms with Crippen LogP contribution in [0.2, 0.25) is 0 Å². The van der Waals surface area contributed by atoms with Crippen LogP contribution in [0.3, 0.4) is 0 Å². The van der Waals surface area contributed by atoms with Crippen LogP contribution < -0.4 is 5.73 Å². The van der Waals surface area contributed by atoms with Crippen LogP contribution >= 0.6 is 0 Å². The fourth-order valence-corrected chi connectivity index (χ4v) is 2.94. The summed E-state index contributed by atoms with van der Waals surface area (Å²) < 4.78 is 15.9. The summed E-state index contributed by atoms with van der Waals surface area (Å²) in [6.07, 6.45) is 1.59. The predicted molar refractivity (Wildman–Crippen MR) is 94.1 cm³/mol. The van der Waals surface area contributed by atoms with Crippen molar-refractivity contribution in [2.75, 3.05) is 0 Å². The normalized spacial score (nSPS) is 11.0. The summed E-state index contributed by atoms with van der Waals surface area (Å²) in [4.78, 5) is 27.1. The zero-order valence-electron chi connectivity index (χ0n) is 13.7. The third-order valence-electron chi connectivity index (χ3n) is 4.15. The van der Waals surface area contributed by atoms with E-state index in [1.54, 1.807) is 18.3 Å². The van der Waals surface area contributed by atoms with Gasteiger partial charge in [0, 0.05) is 17.1 Å². The fraction of sp³-hybridized carbons (Fsp3) is 0. The summed E-state index contributed by atoms with van der Waals surface area (Å²) in [5.41, 5.74) is 6.25. The maximum absolute atomic E-state index is 14.7. The number of pyridine rings is 1. The number of hydrogen-bond donors (Lipinski definition) is 3. The first-order valence-corrected chi connectivity index (χ1v) is 7.81. The Balaban J connectivity index is 1.99. The number of carbonyl (C=O) groups excluding carboxylic acids is 1. The van der Waals surface area contributed by atoms with Crippen molar-refractivity contribution in [3.8, 4) is 17.1 Å². The largest absolute Gasteiger partial charge is 0.477 e. The van der Waals surface area contributed by atoms with Crippen molar-refractivity contribution in [1.82, 2.24) is 19.7 Å². The number of H-pyrrole nitrogens is 1. The molecule has 3 heterocycles. The molecular weight excluding hydrogens is 353 g/mol. The van der Waals surface area contributed by atoms with Gasteiger partial charge in [0.2, 0.25) is 5.91 Å². The van der Waals surface area contributed by atoms with Gasteiger partial charge in [-0.05, 0) is 42.5 Å². The highest BCUT2D eigenvalue weighted by molar-refractivity contribution is 5.95. The third kappa shape index (κ3) is 2.61. The highest BCUT2D eigenvalue weighted by Crippen LogP contribution is 2.31. The van der Waals surface area contributed by atoms with Crippen molar-refractivity contribution in [3.05, 3.63) is 65.7 Å². The van der Waals surface area contributed by atoms with Crippen molar-refractivity contribution in [1.29, 1.82) is 0 Å². The Hall–Kier alpha value is -4.01. The summed E-state index contributed by atoms with van der Waals surface area (Å²) in [5, 5.41) is 17.2. The lowest BCUT2D eigenvalue weighted by Crippen LogP contribution is -2.13. The van der Waals surface area contributed by atoms with E-state index in [9.17, 15) is 19.1 Å². The maximum atomic E-state index is 14.7. The second-order valence-corrected chi connectivity index (χ2v) is 5.75. The van der Waals surface area contributed by atoms with Gasteiger partial charge in [0.05, 0.1) is 11.4 Å². The number of aromatic amines is 1. The Morgan fingerprint density at radius 2 is 2.00 bits per heavy atom. The molecule has 0 spiro atoms. The van der Waals surface area contributed by atoms with Crippen molar-refractivity contribution in [2.45, 2.75) is 0 Å². The average Bonchev–Trinajstić information content (AvgIpc) is 3.25. The van der Waals surface area contributed by atoms with E-state index in [-0.39, 0.29) is 16.9 Å². The van der Waals surface area contributed by atoms with Gasteiger partial charge in [-0.2, -0.15) is 5.10 Å². The highest BCUT2D eigenvalue weighted by Gasteiger charge is 2.22. The minimum Gasteiger partial charge on any atom is -0.477 e. The minimum absolute atomic E-state index is 0.0174. The van der Waals surface area contributed by atoms with E-state index in [0.29, 0.717) is 22.4 Å². The molecule has 0 saturated heterocycles. The fourth-order valence-electron chi connectivity index (χ4n) is 2.94. The first kappa shape index (κ1) is 16.5. The summed E-state index contributed by atoms with van der Waals surface area (Å²) >= 11 is 0. The second-order valence-electron chi connectivity index (χ2n) is 5.75. The van der Waals surface area contributed by atoms with E-state index >= 15 is 0 Å². The molecule has 9 heteroatoms. The monoisotopic (exact) mass is 365 g/mol. The smallest absolute Gasteiger partial charge is 0.352 e. The number of primary amides is 1. The average molecular weight is 365 g/mol. The topological polar surface area (TPSA) is 127 Å². The molecule has 27 heavy (non-hydrogen) atoms. The van der Waals surface area contributed by atoms with Crippen LogP contribution in [0.25, 0.3) is 28.1 Å². The number of fused-ring (bicyclic) bond motifs is 1. The molecule has 3 aromatic heterocycles. The van der Waals surface area contributed by atoms with E-state index < -0.39 is 17.7 Å². The maximum Gasteiger partial charge on any atom is 0.352 e. The van der Waals surface area contributed by atoms with Crippen LogP contribution in [0, 0.1) is 5.82 Å². The number of carboxylic acids is 1. The van der Waals surface area contributed by atoms with Gasteiger partial charge >= 0.3 is 5.97 Å². The zero-order chi connectivity index (χ0) is 19.1. The lowest BCUT2D eigenvalue weighted by Gasteiger charge is -2.12. The van der Waals surface area contributed by atoms with E-state index in [1.165, 1.54) is 28.8 Å². The van der Waals surface area contributed by atoms with Crippen LogP contribution in [0.4, 0.5) is 4.39 Å². The second kappa shape index (κ2) is 6.06. The molecule has 0 aliphatic heterocycles. The molecule has 0 unspecified atom stereocenters. The van der Waals surface area contributed by atoms with Crippen LogP contribution in [-0.2, 0) is 0 Å². The van der Waals surface area contributed by atoms with Crippen LogP contribution in [0.1, 0.15) is 20.8 Å². The Kier molecular flexibility index (Phi) is 3.69. The lowest BCUT2D eigenvalue weighted by atomic mass is 10.1. The third-order valence-corrected chi connectivity index (χ3v) is 4.15. The molecule has 0 fully saturated rings.